The van der Waals surface area contributed by atoms with Crippen molar-refractivity contribution in [2.75, 3.05) is 5.32 Å². The van der Waals surface area contributed by atoms with Gasteiger partial charge in [-0.3, -0.25) is 9.59 Å². The fourth-order valence-corrected chi connectivity index (χ4v) is 1.74. The van der Waals surface area contributed by atoms with Crippen LogP contribution in [0.4, 0.5) is 5.69 Å². The van der Waals surface area contributed by atoms with E-state index in [4.69, 9.17) is 11.6 Å². The van der Waals surface area contributed by atoms with Crippen molar-refractivity contribution in [1.29, 1.82) is 0 Å². The zero-order valence-electron chi connectivity index (χ0n) is 10.3. The Morgan fingerprint density at radius 1 is 1.32 bits per heavy atom. The van der Waals surface area contributed by atoms with Crippen LogP contribution < -0.4 is 5.32 Å². The quantitative estimate of drug-likeness (QED) is 0.873. The van der Waals surface area contributed by atoms with Crippen LogP contribution in [0.25, 0.3) is 0 Å². The molecule has 0 radical (unpaired) electrons. The van der Waals surface area contributed by atoms with Gasteiger partial charge in [-0.25, -0.2) is 4.98 Å². The number of benzene rings is 1. The molecule has 0 spiro atoms. The van der Waals surface area contributed by atoms with Crippen LogP contribution in [0.2, 0.25) is 5.28 Å². The van der Waals surface area contributed by atoms with Crippen molar-refractivity contribution in [2.45, 2.75) is 13.5 Å². The molecule has 0 aliphatic carbocycles. The van der Waals surface area contributed by atoms with Gasteiger partial charge in [0.15, 0.2) is 5.78 Å². The topological polar surface area (TPSA) is 64.0 Å². The molecule has 1 heterocycles. The summed E-state index contributed by atoms with van der Waals surface area (Å²) in [5, 5.41) is 2.98. The number of carbonyl (C=O) groups is 2. The first-order valence-electron chi connectivity index (χ1n) is 5.64. The summed E-state index contributed by atoms with van der Waals surface area (Å²) in [6.45, 7) is 1.59. The molecule has 0 unspecified atom stereocenters. The molecule has 0 aliphatic heterocycles. The highest BCUT2D eigenvalue weighted by Gasteiger charge is 2.07. The maximum Gasteiger partial charge on any atom is 0.244 e. The molecule has 98 valence electrons. The second kappa shape index (κ2) is 5.67. The molecule has 5 nitrogen and oxygen atoms in total. The summed E-state index contributed by atoms with van der Waals surface area (Å²) in [6, 6.07) is 6.71. The van der Waals surface area contributed by atoms with Crippen molar-refractivity contribution in [1.82, 2.24) is 9.55 Å². The van der Waals surface area contributed by atoms with Gasteiger partial charge < -0.3 is 9.88 Å². The minimum atomic E-state index is -0.213. The molecule has 0 saturated carbocycles. The molecule has 2 rings (SSSR count). The van der Waals surface area contributed by atoms with Crippen molar-refractivity contribution in [2.24, 2.45) is 0 Å². The molecular weight excluding hydrogens is 266 g/mol. The number of nitrogens with zero attached hydrogens (tertiary/aromatic N) is 2. The Kier molecular flexibility index (Phi) is 3.97. The second-order valence-electron chi connectivity index (χ2n) is 4.01. The van der Waals surface area contributed by atoms with E-state index in [-0.39, 0.29) is 23.5 Å². The minimum absolute atomic E-state index is 0.0110. The molecule has 1 aromatic carbocycles. The molecule has 1 aromatic heterocycles. The molecule has 0 bridgehead atoms. The number of aromatic nitrogens is 2. The lowest BCUT2D eigenvalue weighted by Crippen LogP contribution is -2.18. The number of nitrogens with one attached hydrogen (secondary N) is 1. The van der Waals surface area contributed by atoms with E-state index in [2.05, 4.69) is 10.3 Å². The molecule has 0 fully saturated rings. The van der Waals surface area contributed by atoms with Crippen LogP contribution in [0, 0.1) is 0 Å². The summed E-state index contributed by atoms with van der Waals surface area (Å²) in [4.78, 5) is 26.7. The molecule has 2 aromatic rings. The number of hydrogen-bond acceptors (Lipinski definition) is 3. The molecule has 19 heavy (non-hydrogen) atoms. The van der Waals surface area contributed by atoms with Gasteiger partial charge in [0, 0.05) is 23.6 Å². The Morgan fingerprint density at radius 3 is 2.53 bits per heavy atom. The maximum atomic E-state index is 11.8. The molecule has 0 saturated heterocycles. The number of Topliss-reactive ketones (excluding diaryl/α,β-unsaturated/α-hetero) is 1. The van der Waals surface area contributed by atoms with E-state index in [0.29, 0.717) is 11.3 Å². The first kappa shape index (κ1) is 13.3. The van der Waals surface area contributed by atoms with Crippen LogP contribution in [0.15, 0.2) is 36.7 Å². The minimum Gasteiger partial charge on any atom is -0.325 e. The van der Waals surface area contributed by atoms with E-state index < -0.39 is 0 Å². The first-order chi connectivity index (χ1) is 9.06. The Labute approximate surface area is 115 Å². The van der Waals surface area contributed by atoms with E-state index in [1.807, 2.05) is 0 Å². The van der Waals surface area contributed by atoms with E-state index in [0.717, 1.165) is 0 Å². The van der Waals surface area contributed by atoms with Gasteiger partial charge in [0.2, 0.25) is 11.2 Å². The maximum absolute atomic E-state index is 11.8. The average Bonchev–Trinajstić information content (AvgIpc) is 2.75. The number of ketones is 1. The summed E-state index contributed by atoms with van der Waals surface area (Å²) >= 11 is 5.78. The van der Waals surface area contributed by atoms with Gasteiger partial charge in [-0.1, -0.05) is 0 Å². The summed E-state index contributed by atoms with van der Waals surface area (Å²) in [5.41, 5.74) is 1.24. The van der Waals surface area contributed by atoms with Gasteiger partial charge in [0.25, 0.3) is 0 Å². The first-order valence-corrected chi connectivity index (χ1v) is 6.01. The van der Waals surface area contributed by atoms with Crippen LogP contribution in [-0.2, 0) is 11.3 Å². The number of carbonyl (C=O) groups excluding carboxylic acids is 2. The highest BCUT2D eigenvalue weighted by Crippen LogP contribution is 2.11. The molecule has 1 N–H and O–H groups in total. The fraction of sp³-hybridized carbons (Fsp3) is 0.154. The SMILES string of the molecule is CC(=O)c1ccc(NC(=O)Cn2ccnc2Cl)cc1. The smallest absolute Gasteiger partial charge is 0.244 e. The number of amides is 1. The van der Waals surface area contributed by atoms with Gasteiger partial charge in [-0.05, 0) is 42.8 Å². The summed E-state index contributed by atoms with van der Waals surface area (Å²) in [5.74, 6) is -0.224. The van der Waals surface area contributed by atoms with Gasteiger partial charge in [0.05, 0.1) is 0 Å². The van der Waals surface area contributed by atoms with E-state index >= 15 is 0 Å². The van der Waals surface area contributed by atoms with Crippen molar-refractivity contribution >= 4 is 29.0 Å². The predicted octanol–water partition coefficient (Wildman–Crippen LogP) is 2.38. The van der Waals surface area contributed by atoms with Crippen LogP contribution in [-0.4, -0.2) is 21.2 Å². The van der Waals surface area contributed by atoms with Crippen LogP contribution in [0.3, 0.4) is 0 Å². The van der Waals surface area contributed by atoms with Gasteiger partial charge in [0.1, 0.15) is 6.54 Å². The second-order valence-corrected chi connectivity index (χ2v) is 4.34. The molecule has 0 atom stereocenters. The third-order valence-electron chi connectivity index (χ3n) is 2.55. The average molecular weight is 278 g/mol. The van der Waals surface area contributed by atoms with E-state index in [9.17, 15) is 9.59 Å². The third kappa shape index (κ3) is 3.42. The standard InChI is InChI=1S/C13H12ClN3O2/c1-9(18)10-2-4-11(5-3-10)16-12(19)8-17-7-6-15-13(17)14/h2-7H,8H2,1H3,(H,16,19). The highest BCUT2D eigenvalue weighted by molar-refractivity contribution is 6.28. The van der Waals surface area contributed by atoms with Crippen molar-refractivity contribution in [3.05, 3.63) is 47.5 Å². The molecule has 6 heteroatoms. The van der Waals surface area contributed by atoms with Gasteiger partial charge >= 0.3 is 0 Å². The molecule has 1 amide bonds. The van der Waals surface area contributed by atoms with E-state index in [1.54, 1.807) is 30.5 Å². The predicted molar refractivity (Wildman–Crippen MR) is 72.3 cm³/mol. The lowest BCUT2D eigenvalue weighted by atomic mass is 10.1. The molecular formula is C13H12ClN3O2. The van der Waals surface area contributed by atoms with Gasteiger partial charge in [-0.15, -0.1) is 0 Å². The van der Waals surface area contributed by atoms with Crippen LogP contribution in [0.1, 0.15) is 17.3 Å². The summed E-state index contributed by atoms with van der Waals surface area (Å²) in [7, 11) is 0. The monoisotopic (exact) mass is 277 g/mol. The van der Waals surface area contributed by atoms with E-state index in [1.165, 1.54) is 17.7 Å². The number of rotatable bonds is 4. The zero-order chi connectivity index (χ0) is 13.8. The Balaban J connectivity index is 1.99. The van der Waals surface area contributed by atoms with Crippen molar-refractivity contribution in [3.8, 4) is 0 Å². The van der Waals surface area contributed by atoms with Crippen LogP contribution >= 0.6 is 11.6 Å². The normalized spacial score (nSPS) is 10.2. The van der Waals surface area contributed by atoms with Crippen molar-refractivity contribution in [3.63, 3.8) is 0 Å². The Hall–Kier alpha value is -2.14. The Morgan fingerprint density at radius 2 is 2.00 bits per heavy atom. The molecule has 0 aliphatic rings. The third-order valence-corrected chi connectivity index (χ3v) is 2.87. The number of imidazole rings is 1. The summed E-state index contributed by atoms with van der Waals surface area (Å²) < 4.78 is 1.53. The Bertz CT molecular complexity index is 605. The highest BCUT2D eigenvalue weighted by atomic mass is 35.5. The van der Waals surface area contributed by atoms with Gasteiger partial charge in [-0.2, -0.15) is 0 Å². The largest absolute Gasteiger partial charge is 0.325 e. The van der Waals surface area contributed by atoms with Crippen LogP contribution in [0.5, 0.6) is 0 Å². The number of hydrogen-bond donors (Lipinski definition) is 1. The fourth-order valence-electron chi connectivity index (χ4n) is 1.57. The van der Waals surface area contributed by atoms with Crippen molar-refractivity contribution < 1.29 is 9.59 Å². The number of anilines is 1. The lowest BCUT2D eigenvalue weighted by molar-refractivity contribution is -0.116. The zero-order valence-corrected chi connectivity index (χ0v) is 11.0. The summed E-state index contributed by atoms with van der Waals surface area (Å²) in [6.07, 6.45) is 3.15. The number of halogens is 1. The lowest BCUT2D eigenvalue weighted by Gasteiger charge is -2.07.